The minimum Gasteiger partial charge on any atom is -0.508 e. The Morgan fingerprint density at radius 1 is 0.969 bits per heavy atom. The normalized spacial score (nSPS) is 11.5. The Labute approximate surface area is 180 Å². The summed E-state index contributed by atoms with van der Waals surface area (Å²) in [4.78, 5) is 12.5. The van der Waals surface area contributed by atoms with E-state index in [1.807, 2.05) is 0 Å². The Balaban J connectivity index is 1.62. The van der Waals surface area contributed by atoms with Gasteiger partial charge in [0, 0.05) is 17.7 Å². The van der Waals surface area contributed by atoms with Crippen molar-refractivity contribution in [1.29, 1.82) is 0 Å². The zero-order valence-electron chi connectivity index (χ0n) is 16.8. The molecule has 4 aromatic rings. The van der Waals surface area contributed by atoms with E-state index in [0.717, 1.165) is 6.07 Å². The quantitative estimate of drug-likeness (QED) is 0.425. The first-order valence-corrected chi connectivity index (χ1v) is 9.49. The fourth-order valence-electron chi connectivity index (χ4n) is 3.23. The summed E-state index contributed by atoms with van der Waals surface area (Å²) >= 11 is 0. The van der Waals surface area contributed by atoms with Crippen LogP contribution in [0.4, 0.5) is 13.2 Å². The Kier molecular flexibility index (Phi) is 5.52. The summed E-state index contributed by atoms with van der Waals surface area (Å²) in [5.41, 5.74) is 0.0299. The lowest BCUT2D eigenvalue weighted by Crippen LogP contribution is -2.09. The highest BCUT2D eigenvalue weighted by Crippen LogP contribution is 2.37. The van der Waals surface area contributed by atoms with Crippen molar-refractivity contribution in [3.8, 4) is 28.6 Å². The van der Waals surface area contributed by atoms with E-state index in [4.69, 9.17) is 13.9 Å². The molecule has 3 aromatic carbocycles. The Morgan fingerprint density at radius 2 is 1.72 bits per heavy atom. The maximum Gasteiger partial charge on any atom is 0.419 e. The van der Waals surface area contributed by atoms with Gasteiger partial charge in [0.25, 0.3) is 0 Å². The van der Waals surface area contributed by atoms with E-state index < -0.39 is 11.7 Å². The number of benzene rings is 3. The minimum absolute atomic E-state index is 0.0831. The predicted molar refractivity (Wildman–Crippen MR) is 112 cm³/mol. The largest absolute Gasteiger partial charge is 0.508 e. The van der Waals surface area contributed by atoms with Crippen LogP contribution in [-0.2, 0) is 12.8 Å². The van der Waals surface area contributed by atoms with E-state index in [-0.39, 0.29) is 29.1 Å². The molecule has 0 atom stereocenters. The second kappa shape index (κ2) is 8.30. The molecule has 0 fully saturated rings. The summed E-state index contributed by atoms with van der Waals surface area (Å²) in [5.74, 6) is 0.452. The van der Waals surface area contributed by atoms with Gasteiger partial charge >= 0.3 is 6.18 Å². The number of hydrogen-bond donors (Lipinski definition) is 1. The number of aromatic hydroxyl groups is 1. The third-order valence-corrected chi connectivity index (χ3v) is 4.83. The number of phenols is 1. The van der Waals surface area contributed by atoms with Gasteiger partial charge in [0.05, 0.1) is 18.1 Å². The molecule has 0 saturated heterocycles. The van der Waals surface area contributed by atoms with Crippen LogP contribution in [0.1, 0.15) is 11.1 Å². The molecule has 1 heterocycles. The zero-order valence-corrected chi connectivity index (χ0v) is 16.8. The fraction of sp³-hybridized carbons (Fsp3) is 0.125. The standard InChI is InChI=1S/C24H17F3O5/c1-30-21-9-2-14(10-19(21)24(25,26)27)13-31-17-7-8-18-20(29)12-22(32-23(18)11-17)15-3-5-16(28)6-4-15/h2-12,28H,13H2,1H3. The van der Waals surface area contributed by atoms with Gasteiger partial charge in [-0.05, 0) is 54.1 Å². The summed E-state index contributed by atoms with van der Waals surface area (Å²) in [6.45, 7) is -0.125. The first kappa shape index (κ1) is 21.3. The number of ether oxygens (including phenoxy) is 2. The van der Waals surface area contributed by atoms with Crippen molar-refractivity contribution in [1.82, 2.24) is 0 Å². The fourth-order valence-corrected chi connectivity index (χ4v) is 3.23. The van der Waals surface area contributed by atoms with Gasteiger partial charge in [0.15, 0.2) is 5.43 Å². The SMILES string of the molecule is COc1ccc(COc2ccc3c(=O)cc(-c4ccc(O)cc4)oc3c2)cc1C(F)(F)F. The smallest absolute Gasteiger partial charge is 0.419 e. The molecule has 0 radical (unpaired) electrons. The Morgan fingerprint density at radius 3 is 2.41 bits per heavy atom. The molecule has 1 aromatic heterocycles. The number of phenolic OH excluding ortho intramolecular Hbond substituents is 1. The van der Waals surface area contributed by atoms with Crippen molar-refractivity contribution in [3.05, 3.63) is 88.1 Å². The molecule has 4 rings (SSSR count). The molecule has 8 heteroatoms. The Hall–Kier alpha value is -3.94. The van der Waals surface area contributed by atoms with Gasteiger partial charge in [-0.25, -0.2) is 0 Å². The highest BCUT2D eigenvalue weighted by molar-refractivity contribution is 5.80. The number of alkyl halides is 3. The molecule has 0 saturated carbocycles. The second-order valence-corrected chi connectivity index (χ2v) is 7.00. The van der Waals surface area contributed by atoms with Crippen molar-refractivity contribution >= 4 is 11.0 Å². The molecule has 0 unspecified atom stereocenters. The highest BCUT2D eigenvalue weighted by Gasteiger charge is 2.34. The van der Waals surface area contributed by atoms with Crippen molar-refractivity contribution in [3.63, 3.8) is 0 Å². The van der Waals surface area contributed by atoms with Gasteiger partial charge in [0.1, 0.15) is 35.2 Å². The van der Waals surface area contributed by atoms with Crippen LogP contribution in [0.3, 0.4) is 0 Å². The lowest BCUT2D eigenvalue weighted by Gasteiger charge is -2.14. The van der Waals surface area contributed by atoms with Crippen LogP contribution in [0.25, 0.3) is 22.3 Å². The van der Waals surface area contributed by atoms with Crippen molar-refractivity contribution in [2.24, 2.45) is 0 Å². The maximum absolute atomic E-state index is 13.2. The molecule has 164 valence electrons. The summed E-state index contributed by atoms with van der Waals surface area (Å²) in [7, 11) is 1.18. The summed E-state index contributed by atoms with van der Waals surface area (Å²) in [6, 6.07) is 15.8. The summed E-state index contributed by atoms with van der Waals surface area (Å²) in [6.07, 6.45) is -4.56. The lowest BCUT2D eigenvalue weighted by atomic mass is 10.1. The zero-order chi connectivity index (χ0) is 22.9. The monoisotopic (exact) mass is 442 g/mol. The third-order valence-electron chi connectivity index (χ3n) is 4.83. The number of rotatable bonds is 5. The van der Waals surface area contributed by atoms with Gasteiger partial charge < -0.3 is 19.0 Å². The van der Waals surface area contributed by atoms with Crippen LogP contribution >= 0.6 is 0 Å². The number of halogens is 3. The molecule has 0 aliphatic heterocycles. The molecule has 5 nitrogen and oxygen atoms in total. The third kappa shape index (κ3) is 4.39. The van der Waals surface area contributed by atoms with Crippen molar-refractivity contribution in [2.75, 3.05) is 7.11 Å². The number of methoxy groups -OCH3 is 1. The van der Waals surface area contributed by atoms with Crippen LogP contribution in [-0.4, -0.2) is 12.2 Å². The topological polar surface area (TPSA) is 68.9 Å². The van der Waals surface area contributed by atoms with E-state index in [2.05, 4.69) is 0 Å². The predicted octanol–water partition coefficient (Wildman–Crippen LogP) is 5.77. The van der Waals surface area contributed by atoms with Gasteiger partial charge in [-0.15, -0.1) is 0 Å². The average molecular weight is 442 g/mol. The molecule has 32 heavy (non-hydrogen) atoms. The number of hydrogen-bond acceptors (Lipinski definition) is 5. The van der Waals surface area contributed by atoms with E-state index >= 15 is 0 Å². The Bertz CT molecular complexity index is 1320. The highest BCUT2D eigenvalue weighted by atomic mass is 19.4. The van der Waals surface area contributed by atoms with Gasteiger partial charge in [-0.2, -0.15) is 13.2 Å². The van der Waals surface area contributed by atoms with Crippen LogP contribution in [0.15, 0.2) is 75.9 Å². The lowest BCUT2D eigenvalue weighted by molar-refractivity contribution is -0.138. The molecule has 0 amide bonds. The van der Waals surface area contributed by atoms with Crippen molar-refractivity contribution in [2.45, 2.75) is 12.8 Å². The molecule has 0 aliphatic carbocycles. The maximum atomic E-state index is 13.2. The summed E-state index contributed by atoms with van der Waals surface area (Å²) in [5, 5.41) is 9.77. The molecule has 1 N–H and O–H groups in total. The molecule has 0 aliphatic rings. The molecular weight excluding hydrogens is 425 g/mol. The average Bonchev–Trinajstić information content (AvgIpc) is 2.77. The van der Waals surface area contributed by atoms with Gasteiger partial charge in [0.2, 0.25) is 0 Å². The van der Waals surface area contributed by atoms with Gasteiger partial charge in [-0.3, -0.25) is 4.79 Å². The first-order valence-electron chi connectivity index (χ1n) is 9.49. The summed E-state index contributed by atoms with van der Waals surface area (Å²) < 4.78 is 55.9. The van der Waals surface area contributed by atoms with Crippen LogP contribution in [0.5, 0.6) is 17.2 Å². The molecular formula is C24H17F3O5. The second-order valence-electron chi connectivity index (χ2n) is 7.00. The van der Waals surface area contributed by atoms with E-state index in [0.29, 0.717) is 28.0 Å². The van der Waals surface area contributed by atoms with E-state index in [1.54, 1.807) is 18.2 Å². The van der Waals surface area contributed by atoms with Crippen LogP contribution in [0, 0.1) is 0 Å². The molecule has 0 bridgehead atoms. The van der Waals surface area contributed by atoms with Crippen LogP contribution < -0.4 is 14.9 Å². The van der Waals surface area contributed by atoms with Crippen LogP contribution in [0.2, 0.25) is 0 Å². The molecule has 0 spiro atoms. The minimum atomic E-state index is -4.56. The van der Waals surface area contributed by atoms with Gasteiger partial charge in [-0.1, -0.05) is 6.07 Å². The van der Waals surface area contributed by atoms with E-state index in [1.165, 1.54) is 49.6 Å². The number of fused-ring (bicyclic) bond motifs is 1. The van der Waals surface area contributed by atoms with Crippen molar-refractivity contribution < 1.29 is 32.2 Å². The van der Waals surface area contributed by atoms with E-state index in [9.17, 15) is 23.1 Å². The first-order chi connectivity index (χ1) is 15.2.